The highest BCUT2D eigenvalue weighted by molar-refractivity contribution is 7.86. The molecule has 0 saturated carbocycles. The maximum atomic E-state index is 11.1. The minimum Gasteiger partial charge on any atom is -0.378 e. The summed E-state index contributed by atoms with van der Waals surface area (Å²) in [6.07, 6.45) is -0.138. The van der Waals surface area contributed by atoms with Gasteiger partial charge in [0, 0.05) is 31.9 Å². The Balaban J connectivity index is 1.48. The van der Waals surface area contributed by atoms with Gasteiger partial charge in [0.25, 0.3) is 20.2 Å². The first-order chi connectivity index (χ1) is 33.1. The highest BCUT2D eigenvalue weighted by Gasteiger charge is 2.24. The van der Waals surface area contributed by atoms with Crippen molar-refractivity contribution in [2.24, 2.45) is 10.2 Å². The molecule has 0 aliphatic heterocycles. The second-order valence-electron chi connectivity index (χ2n) is 16.3. The van der Waals surface area contributed by atoms with E-state index in [0.717, 1.165) is 33.7 Å². The third kappa shape index (κ3) is 21.9. The minimum absolute atomic E-state index is 0.277. The molecule has 21 heteroatoms. The average molecular weight is 1010 g/mol. The van der Waals surface area contributed by atoms with Gasteiger partial charge in [0.1, 0.15) is 29.2 Å². The van der Waals surface area contributed by atoms with Gasteiger partial charge in [0.05, 0.1) is 75.6 Å². The molecule has 2 unspecified atom stereocenters. The number of nitrogens with zero attached hydrogens (tertiary/aromatic N) is 7. The topological polar surface area (TPSA) is 237 Å². The molecule has 376 valence electrons. The van der Waals surface area contributed by atoms with Crippen molar-refractivity contribution in [3.8, 4) is 12.1 Å². The highest BCUT2D eigenvalue weighted by atomic mass is 32.2. The molecule has 1 aromatic heterocycles. The Morgan fingerprint density at radius 2 is 1.12 bits per heavy atom. The van der Waals surface area contributed by atoms with Crippen molar-refractivity contribution < 1.29 is 49.6 Å². The summed E-state index contributed by atoms with van der Waals surface area (Å²) in [4.78, 5) is 6.52. The van der Waals surface area contributed by atoms with Crippen LogP contribution in [-0.2, 0) is 43.9 Å². The number of benzene rings is 3. The summed E-state index contributed by atoms with van der Waals surface area (Å²) in [5.74, 6) is -0.567. The largest absolute Gasteiger partial charge is 0.378 e. The number of rotatable bonds is 34. The van der Waals surface area contributed by atoms with Crippen LogP contribution in [0.2, 0.25) is 0 Å². The maximum Gasteiger partial charge on any atom is 0.264 e. The fraction of sp³-hybridized carbons (Fsp3) is 0.500. The van der Waals surface area contributed by atoms with Crippen LogP contribution in [0.5, 0.6) is 0 Å². The number of ether oxygens (including phenoxy) is 5. The Morgan fingerprint density at radius 1 is 0.638 bits per heavy atom. The van der Waals surface area contributed by atoms with Crippen LogP contribution in [0, 0.1) is 36.5 Å². The molecule has 0 fully saturated rings. The molecule has 4 rings (SSSR count). The molecule has 0 aliphatic rings. The van der Waals surface area contributed by atoms with Crippen LogP contribution in [0.15, 0.2) is 89.1 Å². The predicted octanol–water partition coefficient (Wildman–Crippen LogP) is 7.32. The van der Waals surface area contributed by atoms with Crippen LogP contribution in [0.25, 0.3) is 0 Å². The van der Waals surface area contributed by atoms with E-state index in [4.69, 9.17) is 32.8 Å². The molecule has 0 bridgehead atoms. The SMILES string of the molecule is Cc1cc(N(CC(OCCOCCOCCN(C)CCCS(=O)(=O)O)c2ccccc2)CC(OCCOCCN(C)CCCS(=O)(=O)O)c2ccccc2)ccc1N=Nc1sc(C#N)c(C)c1C#N. The molecular formula is C48H65N7O11S3. The van der Waals surface area contributed by atoms with Crippen LogP contribution in [-0.4, -0.2) is 153 Å². The van der Waals surface area contributed by atoms with Gasteiger partial charge in [-0.1, -0.05) is 60.7 Å². The highest BCUT2D eigenvalue weighted by Crippen LogP contribution is 2.37. The van der Waals surface area contributed by atoms with Crippen LogP contribution in [0.3, 0.4) is 0 Å². The third-order valence-electron chi connectivity index (χ3n) is 10.8. The number of aryl methyl sites for hydroxylation is 1. The molecule has 0 amide bonds. The smallest absolute Gasteiger partial charge is 0.264 e. The van der Waals surface area contributed by atoms with E-state index in [1.54, 1.807) is 6.92 Å². The van der Waals surface area contributed by atoms with Gasteiger partial charge >= 0.3 is 0 Å². The summed E-state index contributed by atoms with van der Waals surface area (Å²) in [5, 5.41) is 28.6. The summed E-state index contributed by atoms with van der Waals surface area (Å²) in [5.41, 5.74) is 5.17. The summed E-state index contributed by atoms with van der Waals surface area (Å²) in [6, 6.07) is 30.0. The molecule has 4 aromatic rings. The molecule has 18 nitrogen and oxygen atoms in total. The number of thiophene rings is 1. The van der Waals surface area contributed by atoms with Gasteiger partial charge < -0.3 is 38.4 Å². The first-order valence-corrected chi connectivity index (χ1v) is 26.6. The molecule has 0 radical (unpaired) electrons. The minimum atomic E-state index is -4.00. The van der Waals surface area contributed by atoms with E-state index in [9.17, 15) is 27.4 Å². The molecule has 0 spiro atoms. The van der Waals surface area contributed by atoms with Crippen molar-refractivity contribution in [3.63, 3.8) is 0 Å². The van der Waals surface area contributed by atoms with E-state index in [1.807, 2.05) is 110 Å². The molecule has 0 aliphatic carbocycles. The van der Waals surface area contributed by atoms with Gasteiger partial charge in [0.2, 0.25) is 0 Å². The first-order valence-electron chi connectivity index (χ1n) is 22.6. The maximum absolute atomic E-state index is 11.1. The van der Waals surface area contributed by atoms with E-state index in [1.165, 1.54) is 0 Å². The second-order valence-corrected chi connectivity index (χ2v) is 20.4. The number of anilines is 1. The number of nitriles is 2. The van der Waals surface area contributed by atoms with E-state index in [-0.39, 0.29) is 11.5 Å². The summed E-state index contributed by atoms with van der Waals surface area (Å²) in [6.45, 7) is 9.54. The molecule has 0 saturated heterocycles. The second kappa shape index (κ2) is 30.1. The average Bonchev–Trinajstić information content (AvgIpc) is 3.63. The molecule has 1 heterocycles. The quantitative estimate of drug-likeness (QED) is 0.0265. The van der Waals surface area contributed by atoms with E-state index in [2.05, 4.69) is 27.3 Å². The van der Waals surface area contributed by atoms with Crippen LogP contribution >= 0.6 is 11.3 Å². The molecule has 69 heavy (non-hydrogen) atoms. The Morgan fingerprint density at radius 3 is 1.57 bits per heavy atom. The van der Waals surface area contributed by atoms with Crippen molar-refractivity contribution in [1.82, 2.24) is 9.80 Å². The van der Waals surface area contributed by atoms with E-state index >= 15 is 0 Å². The van der Waals surface area contributed by atoms with E-state index < -0.39 is 32.4 Å². The molecule has 2 N–H and O–H groups in total. The van der Waals surface area contributed by atoms with Crippen LogP contribution < -0.4 is 4.90 Å². The van der Waals surface area contributed by atoms with E-state index in [0.29, 0.717) is 132 Å². The van der Waals surface area contributed by atoms with Gasteiger partial charge in [0.15, 0.2) is 5.00 Å². The molecular weight excluding hydrogens is 947 g/mol. The van der Waals surface area contributed by atoms with Crippen molar-refractivity contribution >= 4 is 47.9 Å². The zero-order valence-corrected chi connectivity index (χ0v) is 42.3. The number of likely N-dealkylation sites (N-methyl/N-ethyl adjacent to an activating group) is 2. The summed E-state index contributed by atoms with van der Waals surface area (Å²) >= 11 is 1.13. The normalized spacial score (nSPS) is 13.0. The van der Waals surface area contributed by atoms with Gasteiger partial charge in [-0.25, -0.2) is 0 Å². The lowest BCUT2D eigenvalue weighted by Crippen LogP contribution is -2.35. The van der Waals surface area contributed by atoms with Gasteiger partial charge in [-0.15, -0.1) is 21.6 Å². The Kier molecular flexibility index (Phi) is 24.8. The van der Waals surface area contributed by atoms with Crippen LogP contribution in [0.4, 0.5) is 16.4 Å². The van der Waals surface area contributed by atoms with Gasteiger partial charge in [-0.05, 0) is 94.3 Å². The van der Waals surface area contributed by atoms with Crippen molar-refractivity contribution in [2.75, 3.05) is 123 Å². The third-order valence-corrected chi connectivity index (χ3v) is 13.5. The molecule has 2 atom stereocenters. The fourth-order valence-electron chi connectivity index (χ4n) is 7.01. The standard InChI is InChI=1S/C48H65N7O11S3/c1-38-33-42(17-18-44(38)51-52-48-43(34-49)39(2)47(35-50)67-48)55(36-45(40-13-7-5-8-14-40)65-29-27-63-24-22-54(4)20-12-32-69(59,60)61)37-46(41-15-9-6-10-16-41)66-30-28-64-26-25-62-23-21-53(3)19-11-31-68(56,57)58/h5-10,13-18,33,45-46H,11-12,19-32,36-37H2,1-4H3,(H,56,57,58)(H,59,60,61). The predicted molar refractivity (Wildman–Crippen MR) is 266 cm³/mol. The van der Waals surface area contributed by atoms with Crippen molar-refractivity contribution in [1.29, 1.82) is 10.5 Å². The van der Waals surface area contributed by atoms with Gasteiger partial charge in [-0.2, -0.15) is 27.4 Å². The Hall–Kier alpha value is -4.72. The zero-order chi connectivity index (χ0) is 50.1. The lowest BCUT2D eigenvalue weighted by atomic mass is 10.1. The summed E-state index contributed by atoms with van der Waals surface area (Å²) < 4.78 is 92.8. The molecule has 3 aromatic carbocycles. The summed E-state index contributed by atoms with van der Waals surface area (Å²) in [7, 11) is -4.25. The van der Waals surface area contributed by atoms with Crippen molar-refractivity contribution in [2.45, 2.75) is 38.9 Å². The fourth-order valence-corrected chi connectivity index (χ4v) is 8.87. The Bertz CT molecular complexity index is 2480. The van der Waals surface area contributed by atoms with Gasteiger partial charge in [-0.3, -0.25) is 9.11 Å². The number of hydrogen-bond acceptors (Lipinski definition) is 17. The van der Waals surface area contributed by atoms with Crippen molar-refractivity contribution in [3.05, 3.63) is 112 Å². The lowest BCUT2D eigenvalue weighted by Gasteiger charge is -2.33. The van der Waals surface area contributed by atoms with Crippen LogP contribution in [0.1, 0.15) is 57.7 Å². The monoisotopic (exact) mass is 1010 g/mol. The number of hydrogen-bond donors (Lipinski definition) is 2. The Labute approximate surface area is 411 Å². The zero-order valence-electron chi connectivity index (χ0n) is 39.8. The first kappa shape index (κ1) is 56.9. The number of azo groups is 1. The lowest BCUT2D eigenvalue weighted by molar-refractivity contribution is -0.0141.